The number of fused-ring (bicyclic) bond motifs is 1. The van der Waals surface area contributed by atoms with Crippen molar-refractivity contribution < 1.29 is 4.79 Å². The normalized spacial score (nSPS) is 10.8. The van der Waals surface area contributed by atoms with Gasteiger partial charge in [-0.15, -0.1) is 0 Å². The molecule has 122 valence electrons. The molecule has 1 amide bonds. The van der Waals surface area contributed by atoms with Gasteiger partial charge in [0.25, 0.3) is 5.91 Å². The third-order valence-corrected chi connectivity index (χ3v) is 4.18. The predicted octanol–water partition coefficient (Wildman–Crippen LogP) is 4.53. The number of carbonyl (C=O) groups is 1. The second-order valence-electron chi connectivity index (χ2n) is 5.54. The van der Waals surface area contributed by atoms with Gasteiger partial charge in [-0.2, -0.15) is 5.10 Å². The third kappa shape index (κ3) is 3.09. The number of benzene rings is 2. The molecule has 0 aliphatic heterocycles. The van der Waals surface area contributed by atoms with Crippen LogP contribution in [0.15, 0.2) is 67.0 Å². The molecule has 0 saturated carbocycles. The molecule has 0 atom stereocenters. The highest BCUT2D eigenvalue weighted by Crippen LogP contribution is 2.25. The maximum atomic E-state index is 12.4. The molecule has 0 saturated heterocycles. The van der Waals surface area contributed by atoms with Crippen LogP contribution in [0.4, 0.5) is 5.69 Å². The Bertz CT molecular complexity index is 1060. The van der Waals surface area contributed by atoms with Gasteiger partial charge >= 0.3 is 0 Å². The van der Waals surface area contributed by atoms with Gasteiger partial charge in [0, 0.05) is 28.4 Å². The first-order valence-corrected chi connectivity index (χ1v) is 8.04. The summed E-state index contributed by atoms with van der Waals surface area (Å²) in [5.41, 5.74) is 3.69. The average Bonchev–Trinajstić information content (AvgIpc) is 3.10. The molecular formula is C19H13ClN4O. The Hall–Kier alpha value is -3.18. The fraction of sp³-hybridized carbons (Fsp3) is 0. The van der Waals surface area contributed by atoms with E-state index in [0.717, 1.165) is 16.5 Å². The number of hydrogen-bond acceptors (Lipinski definition) is 3. The molecule has 0 aliphatic carbocycles. The fourth-order valence-corrected chi connectivity index (χ4v) is 2.83. The lowest BCUT2D eigenvalue weighted by atomic mass is 10.1. The van der Waals surface area contributed by atoms with Crippen molar-refractivity contribution in [3.8, 4) is 11.3 Å². The molecule has 0 bridgehead atoms. The van der Waals surface area contributed by atoms with E-state index in [1.54, 1.807) is 36.7 Å². The SMILES string of the molecule is O=C(Nc1ccc2cn[nH]c2c1)c1ccc(-c2ncccc2Cl)cc1. The zero-order valence-electron chi connectivity index (χ0n) is 13.0. The van der Waals surface area contributed by atoms with Crippen molar-refractivity contribution in [1.82, 2.24) is 15.2 Å². The van der Waals surface area contributed by atoms with E-state index in [9.17, 15) is 4.79 Å². The number of nitrogens with zero attached hydrogens (tertiary/aromatic N) is 2. The highest BCUT2D eigenvalue weighted by molar-refractivity contribution is 6.33. The van der Waals surface area contributed by atoms with Gasteiger partial charge < -0.3 is 5.32 Å². The summed E-state index contributed by atoms with van der Waals surface area (Å²) in [6.07, 6.45) is 3.43. The van der Waals surface area contributed by atoms with Crippen LogP contribution in [0.25, 0.3) is 22.2 Å². The molecule has 5 nitrogen and oxygen atoms in total. The monoisotopic (exact) mass is 348 g/mol. The molecular weight excluding hydrogens is 336 g/mol. The highest BCUT2D eigenvalue weighted by atomic mass is 35.5. The quantitative estimate of drug-likeness (QED) is 0.571. The van der Waals surface area contributed by atoms with Crippen molar-refractivity contribution in [2.75, 3.05) is 5.32 Å². The Kier molecular flexibility index (Phi) is 3.91. The smallest absolute Gasteiger partial charge is 0.255 e. The van der Waals surface area contributed by atoms with Crippen LogP contribution in [0.1, 0.15) is 10.4 Å². The summed E-state index contributed by atoms with van der Waals surface area (Å²) < 4.78 is 0. The number of aromatic amines is 1. The lowest BCUT2D eigenvalue weighted by molar-refractivity contribution is 0.102. The Labute approximate surface area is 148 Å². The van der Waals surface area contributed by atoms with E-state index in [-0.39, 0.29) is 5.91 Å². The van der Waals surface area contributed by atoms with Gasteiger partial charge in [0.1, 0.15) is 0 Å². The first kappa shape index (κ1) is 15.4. The Balaban J connectivity index is 1.55. The molecule has 0 fully saturated rings. The van der Waals surface area contributed by atoms with Gasteiger partial charge in [-0.05, 0) is 42.5 Å². The molecule has 25 heavy (non-hydrogen) atoms. The second-order valence-corrected chi connectivity index (χ2v) is 5.94. The number of hydrogen-bond donors (Lipinski definition) is 2. The van der Waals surface area contributed by atoms with Crippen LogP contribution in [-0.4, -0.2) is 21.1 Å². The largest absolute Gasteiger partial charge is 0.322 e. The number of aromatic nitrogens is 3. The molecule has 2 heterocycles. The molecule has 2 N–H and O–H groups in total. The fourth-order valence-electron chi connectivity index (χ4n) is 2.60. The van der Waals surface area contributed by atoms with Gasteiger partial charge in [-0.25, -0.2) is 0 Å². The van der Waals surface area contributed by atoms with Crippen LogP contribution in [0.2, 0.25) is 5.02 Å². The number of anilines is 1. The molecule has 2 aromatic heterocycles. The van der Waals surface area contributed by atoms with E-state index in [2.05, 4.69) is 20.5 Å². The maximum absolute atomic E-state index is 12.4. The number of H-pyrrole nitrogens is 1. The van der Waals surface area contributed by atoms with Gasteiger partial charge in [-0.3, -0.25) is 14.9 Å². The zero-order valence-corrected chi connectivity index (χ0v) is 13.8. The minimum absolute atomic E-state index is 0.183. The summed E-state index contributed by atoms with van der Waals surface area (Å²) in [6.45, 7) is 0. The van der Waals surface area contributed by atoms with Crippen LogP contribution in [0, 0.1) is 0 Å². The molecule has 0 unspecified atom stereocenters. The number of amides is 1. The van der Waals surface area contributed by atoms with Crippen molar-refractivity contribution in [2.24, 2.45) is 0 Å². The van der Waals surface area contributed by atoms with Crippen molar-refractivity contribution >= 4 is 34.1 Å². The van der Waals surface area contributed by atoms with E-state index < -0.39 is 0 Å². The number of rotatable bonds is 3. The van der Waals surface area contributed by atoms with Gasteiger partial charge in [0.05, 0.1) is 22.4 Å². The molecule has 0 aliphatic rings. The minimum atomic E-state index is -0.183. The average molecular weight is 349 g/mol. The van der Waals surface area contributed by atoms with E-state index >= 15 is 0 Å². The van der Waals surface area contributed by atoms with E-state index in [4.69, 9.17) is 11.6 Å². The summed E-state index contributed by atoms with van der Waals surface area (Å²) in [5.74, 6) is -0.183. The van der Waals surface area contributed by atoms with Gasteiger partial charge in [-0.1, -0.05) is 23.7 Å². The molecule has 6 heteroatoms. The Morgan fingerprint density at radius 2 is 1.92 bits per heavy atom. The van der Waals surface area contributed by atoms with Gasteiger partial charge in [0.2, 0.25) is 0 Å². The molecule has 2 aromatic carbocycles. The van der Waals surface area contributed by atoms with Crippen LogP contribution in [-0.2, 0) is 0 Å². The standard InChI is InChI=1S/C19H13ClN4O/c20-16-2-1-9-21-18(16)12-3-5-13(6-4-12)19(25)23-15-8-7-14-11-22-24-17(14)10-15/h1-11H,(H,22,24)(H,23,25). The molecule has 0 spiro atoms. The number of halogens is 1. The first-order chi connectivity index (χ1) is 12.2. The van der Waals surface area contributed by atoms with E-state index in [1.807, 2.05) is 30.3 Å². The lowest BCUT2D eigenvalue weighted by Gasteiger charge is -2.07. The zero-order chi connectivity index (χ0) is 17.2. The van der Waals surface area contributed by atoms with Crippen LogP contribution >= 0.6 is 11.6 Å². The van der Waals surface area contributed by atoms with Crippen molar-refractivity contribution in [3.63, 3.8) is 0 Å². The lowest BCUT2D eigenvalue weighted by Crippen LogP contribution is -2.11. The number of nitrogens with one attached hydrogen (secondary N) is 2. The Morgan fingerprint density at radius 3 is 2.72 bits per heavy atom. The summed E-state index contributed by atoms with van der Waals surface area (Å²) in [5, 5.41) is 11.3. The van der Waals surface area contributed by atoms with Crippen LogP contribution in [0.5, 0.6) is 0 Å². The molecule has 4 rings (SSSR count). The van der Waals surface area contributed by atoms with E-state index in [1.165, 1.54) is 0 Å². The highest BCUT2D eigenvalue weighted by Gasteiger charge is 2.09. The van der Waals surface area contributed by atoms with Crippen molar-refractivity contribution in [3.05, 3.63) is 77.6 Å². The third-order valence-electron chi connectivity index (χ3n) is 3.88. The summed E-state index contributed by atoms with van der Waals surface area (Å²) >= 11 is 6.16. The minimum Gasteiger partial charge on any atom is -0.322 e. The van der Waals surface area contributed by atoms with Gasteiger partial charge in [0.15, 0.2) is 0 Å². The van der Waals surface area contributed by atoms with E-state index in [0.29, 0.717) is 22.0 Å². The molecule has 4 aromatic rings. The summed E-state index contributed by atoms with van der Waals surface area (Å²) in [7, 11) is 0. The topological polar surface area (TPSA) is 70.7 Å². The maximum Gasteiger partial charge on any atom is 0.255 e. The van der Waals surface area contributed by atoms with Crippen molar-refractivity contribution in [2.45, 2.75) is 0 Å². The number of carbonyl (C=O) groups excluding carboxylic acids is 1. The Morgan fingerprint density at radius 1 is 1.08 bits per heavy atom. The van der Waals surface area contributed by atoms with Crippen LogP contribution in [0.3, 0.4) is 0 Å². The molecule has 0 radical (unpaired) electrons. The predicted molar refractivity (Wildman–Crippen MR) is 98.7 cm³/mol. The summed E-state index contributed by atoms with van der Waals surface area (Å²) in [4.78, 5) is 16.7. The second kappa shape index (κ2) is 6.37. The van der Waals surface area contributed by atoms with Crippen molar-refractivity contribution in [1.29, 1.82) is 0 Å². The number of pyridine rings is 1. The first-order valence-electron chi connectivity index (χ1n) is 7.66. The summed E-state index contributed by atoms with van der Waals surface area (Å²) in [6, 6.07) is 16.3. The van der Waals surface area contributed by atoms with Crippen LogP contribution < -0.4 is 5.32 Å².